The van der Waals surface area contributed by atoms with E-state index in [1.807, 2.05) is 12.1 Å². The van der Waals surface area contributed by atoms with Crippen LogP contribution in [0.15, 0.2) is 48.6 Å². The van der Waals surface area contributed by atoms with Gasteiger partial charge in [0.25, 0.3) is 0 Å². The molecule has 0 fully saturated rings. The van der Waals surface area contributed by atoms with Gasteiger partial charge in [0.15, 0.2) is 34.6 Å². The molecule has 0 bridgehead atoms. The minimum atomic E-state index is -0.127. The number of ketones is 2. The van der Waals surface area contributed by atoms with Gasteiger partial charge in [-0.2, -0.15) is 0 Å². The third-order valence-electron chi connectivity index (χ3n) is 4.36. The Morgan fingerprint density at radius 1 is 0.633 bits per heavy atom. The topological polar surface area (TPSA) is 71.1 Å². The molecule has 0 unspecified atom stereocenters. The number of benzene rings is 2. The molecule has 0 atom stereocenters. The summed E-state index contributed by atoms with van der Waals surface area (Å²) in [4.78, 5) is 24.2. The van der Waals surface area contributed by atoms with Crippen LogP contribution in [0.25, 0.3) is 12.2 Å². The van der Waals surface area contributed by atoms with E-state index in [0.29, 0.717) is 23.0 Å². The quantitative estimate of drug-likeness (QED) is 0.513. The molecule has 0 heterocycles. The number of rotatable bonds is 11. The third-order valence-corrected chi connectivity index (χ3v) is 4.36. The van der Waals surface area contributed by atoms with Crippen LogP contribution >= 0.6 is 0 Å². The Kier molecular flexibility index (Phi) is 8.69. The Balaban J connectivity index is 1.89. The van der Waals surface area contributed by atoms with E-state index >= 15 is 0 Å². The highest BCUT2D eigenvalue weighted by atomic mass is 16.5. The van der Waals surface area contributed by atoms with E-state index in [4.69, 9.17) is 18.9 Å². The minimum Gasteiger partial charge on any atom is -0.493 e. The van der Waals surface area contributed by atoms with Gasteiger partial charge in [0, 0.05) is 12.8 Å². The lowest BCUT2D eigenvalue weighted by atomic mass is 10.1. The zero-order valence-corrected chi connectivity index (χ0v) is 17.6. The maximum absolute atomic E-state index is 12.1. The van der Waals surface area contributed by atoms with E-state index in [1.54, 1.807) is 64.9 Å². The van der Waals surface area contributed by atoms with Crippen LogP contribution in [0.2, 0.25) is 0 Å². The van der Waals surface area contributed by atoms with Gasteiger partial charge in [0.05, 0.1) is 28.4 Å². The highest BCUT2D eigenvalue weighted by Crippen LogP contribution is 2.29. The van der Waals surface area contributed by atoms with Crippen molar-refractivity contribution in [2.45, 2.75) is 12.8 Å². The lowest BCUT2D eigenvalue weighted by Crippen LogP contribution is -1.99. The number of methoxy groups -OCH3 is 4. The van der Waals surface area contributed by atoms with E-state index in [0.717, 1.165) is 11.1 Å². The van der Waals surface area contributed by atoms with Crippen molar-refractivity contribution in [2.24, 2.45) is 0 Å². The number of carbonyl (C=O) groups excluding carboxylic acids is 2. The van der Waals surface area contributed by atoms with E-state index in [1.165, 1.54) is 12.2 Å². The summed E-state index contributed by atoms with van der Waals surface area (Å²) in [7, 11) is 6.23. The summed E-state index contributed by atoms with van der Waals surface area (Å²) in [6.45, 7) is 0. The molecule has 0 spiro atoms. The number of hydrogen-bond donors (Lipinski definition) is 0. The summed E-state index contributed by atoms with van der Waals surface area (Å²) in [6.07, 6.45) is 6.58. The number of ether oxygens (including phenoxy) is 4. The average molecular weight is 410 g/mol. The molecule has 0 aliphatic rings. The lowest BCUT2D eigenvalue weighted by molar-refractivity contribution is -0.119. The van der Waals surface area contributed by atoms with Crippen molar-refractivity contribution in [3.05, 3.63) is 59.7 Å². The summed E-state index contributed by atoms with van der Waals surface area (Å²) in [6, 6.07) is 10.7. The van der Waals surface area contributed by atoms with Crippen LogP contribution in [0.3, 0.4) is 0 Å². The highest BCUT2D eigenvalue weighted by molar-refractivity contribution is 5.99. The molecule has 0 aromatic heterocycles. The first-order valence-corrected chi connectivity index (χ1v) is 9.36. The van der Waals surface area contributed by atoms with Gasteiger partial charge < -0.3 is 18.9 Å². The van der Waals surface area contributed by atoms with Gasteiger partial charge >= 0.3 is 0 Å². The molecule has 6 heteroatoms. The molecule has 0 radical (unpaired) electrons. The van der Waals surface area contributed by atoms with Crippen LogP contribution in [0, 0.1) is 0 Å². The van der Waals surface area contributed by atoms with Crippen molar-refractivity contribution in [1.82, 2.24) is 0 Å². The summed E-state index contributed by atoms with van der Waals surface area (Å²) in [5.74, 6) is 2.15. The molecule has 0 saturated carbocycles. The SMILES string of the molecule is COc1ccc(C=CC(=O)CCC(=O)C=Cc2ccc(OC)c(OC)c2)cc1OC. The molecule has 6 nitrogen and oxygen atoms in total. The molecule has 0 aliphatic carbocycles. The molecule has 158 valence electrons. The van der Waals surface area contributed by atoms with Crippen LogP contribution in [0.5, 0.6) is 23.0 Å². The maximum atomic E-state index is 12.1. The molecule has 2 aromatic rings. The Hall–Kier alpha value is -3.54. The first-order chi connectivity index (χ1) is 14.5. The second-order valence-corrected chi connectivity index (χ2v) is 6.33. The average Bonchev–Trinajstić information content (AvgIpc) is 2.79. The zero-order valence-electron chi connectivity index (χ0n) is 17.6. The van der Waals surface area contributed by atoms with Crippen molar-refractivity contribution >= 4 is 23.7 Å². The van der Waals surface area contributed by atoms with Crippen molar-refractivity contribution in [3.8, 4) is 23.0 Å². The summed E-state index contributed by atoms with van der Waals surface area (Å²) in [5, 5.41) is 0. The van der Waals surface area contributed by atoms with Crippen LogP contribution in [0.1, 0.15) is 24.0 Å². The van der Waals surface area contributed by atoms with Crippen LogP contribution in [-0.2, 0) is 9.59 Å². The molecule has 0 saturated heterocycles. The van der Waals surface area contributed by atoms with E-state index in [-0.39, 0.29) is 24.4 Å². The van der Waals surface area contributed by atoms with Crippen molar-refractivity contribution < 1.29 is 28.5 Å². The fraction of sp³-hybridized carbons (Fsp3) is 0.250. The van der Waals surface area contributed by atoms with Crippen LogP contribution < -0.4 is 18.9 Å². The van der Waals surface area contributed by atoms with Crippen LogP contribution in [-0.4, -0.2) is 40.0 Å². The number of allylic oxidation sites excluding steroid dienone is 2. The molecule has 0 N–H and O–H groups in total. The number of carbonyl (C=O) groups is 2. The van der Waals surface area contributed by atoms with Crippen LogP contribution in [0.4, 0.5) is 0 Å². The summed E-state index contributed by atoms with van der Waals surface area (Å²) in [5.41, 5.74) is 1.61. The summed E-state index contributed by atoms with van der Waals surface area (Å²) >= 11 is 0. The molecular formula is C24H26O6. The number of hydrogen-bond acceptors (Lipinski definition) is 6. The Labute approximate surface area is 176 Å². The molecule has 2 aromatic carbocycles. The smallest absolute Gasteiger partial charge is 0.161 e. The summed E-state index contributed by atoms with van der Waals surface area (Å²) < 4.78 is 20.9. The first-order valence-electron chi connectivity index (χ1n) is 9.36. The van der Waals surface area contributed by atoms with Gasteiger partial charge in [-0.05, 0) is 47.5 Å². The molecule has 0 amide bonds. The monoisotopic (exact) mass is 410 g/mol. The third kappa shape index (κ3) is 6.51. The molecule has 30 heavy (non-hydrogen) atoms. The molecule has 2 rings (SSSR count). The second kappa shape index (κ2) is 11.5. The van der Waals surface area contributed by atoms with E-state index in [9.17, 15) is 9.59 Å². The van der Waals surface area contributed by atoms with Gasteiger partial charge in [-0.15, -0.1) is 0 Å². The van der Waals surface area contributed by atoms with Crippen molar-refractivity contribution in [2.75, 3.05) is 28.4 Å². The fourth-order valence-corrected chi connectivity index (χ4v) is 2.70. The molecular weight excluding hydrogens is 384 g/mol. The highest BCUT2D eigenvalue weighted by Gasteiger charge is 2.06. The predicted molar refractivity (Wildman–Crippen MR) is 116 cm³/mol. The van der Waals surface area contributed by atoms with Gasteiger partial charge in [-0.1, -0.05) is 24.3 Å². The maximum Gasteiger partial charge on any atom is 0.161 e. The van der Waals surface area contributed by atoms with Gasteiger partial charge in [-0.3, -0.25) is 9.59 Å². The fourth-order valence-electron chi connectivity index (χ4n) is 2.70. The first kappa shape index (κ1) is 22.7. The van der Waals surface area contributed by atoms with E-state index < -0.39 is 0 Å². The Morgan fingerprint density at radius 2 is 1.00 bits per heavy atom. The van der Waals surface area contributed by atoms with E-state index in [2.05, 4.69) is 0 Å². The van der Waals surface area contributed by atoms with Crippen molar-refractivity contribution in [1.29, 1.82) is 0 Å². The van der Waals surface area contributed by atoms with Gasteiger partial charge in [0.1, 0.15) is 0 Å². The standard InChI is InChI=1S/C24H26O6/c1-27-21-13-7-17(15-23(21)29-3)5-9-19(25)11-12-20(26)10-6-18-8-14-22(28-2)24(16-18)30-4/h5-10,13-16H,11-12H2,1-4H3. The Morgan fingerprint density at radius 3 is 1.33 bits per heavy atom. The largest absolute Gasteiger partial charge is 0.493 e. The molecule has 0 aliphatic heterocycles. The minimum absolute atomic E-state index is 0.127. The Bertz CT molecular complexity index is 865. The van der Waals surface area contributed by atoms with Gasteiger partial charge in [0.2, 0.25) is 0 Å². The normalized spacial score (nSPS) is 10.9. The van der Waals surface area contributed by atoms with Crippen molar-refractivity contribution in [3.63, 3.8) is 0 Å². The zero-order chi connectivity index (χ0) is 21.9. The predicted octanol–water partition coefficient (Wildman–Crippen LogP) is 4.37. The second-order valence-electron chi connectivity index (χ2n) is 6.33. The van der Waals surface area contributed by atoms with Gasteiger partial charge in [-0.25, -0.2) is 0 Å². The lowest BCUT2D eigenvalue weighted by Gasteiger charge is -2.07.